The van der Waals surface area contributed by atoms with Gasteiger partial charge in [-0.3, -0.25) is 9.78 Å². The highest BCUT2D eigenvalue weighted by atomic mass is 16.5. The molecule has 0 atom stereocenters. The first-order chi connectivity index (χ1) is 11.2. The lowest BCUT2D eigenvalue weighted by Crippen LogP contribution is -2.15. The van der Waals surface area contributed by atoms with Gasteiger partial charge in [-0.25, -0.2) is 0 Å². The van der Waals surface area contributed by atoms with E-state index in [2.05, 4.69) is 10.3 Å². The van der Waals surface area contributed by atoms with Crippen LogP contribution in [0.2, 0.25) is 0 Å². The molecule has 2 N–H and O–H groups in total. The number of furan rings is 1. The van der Waals surface area contributed by atoms with Crippen molar-refractivity contribution >= 4 is 22.6 Å². The lowest BCUT2D eigenvalue weighted by Gasteiger charge is -2.08. The van der Waals surface area contributed by atoms with Crippen molar-refractivity contribution in [2.24, 2.45) is 0 Å². The number of methoxy groups -OCH3 is 1. The van der Waals surface area contributed by atoms with E-state index in [1.165, 1.54) is 6.20 Å². The lowest BCUT2D eigenvalue weighted by molar-refractivity contribution is -0.115. The SMILES string of the molecule is COc1ccc2c(CC(=O)Nc3cnccc3CO)coc2c1. The Morgan fingerprint density at radius 1 is 1.35 bits per heavy atom. The van der Waals surface area contributed by atoms with Crippen LogP contribution in [0.15, 0.2) is 47.3 Å². The molecule has 0 saturated carbocycles. The van der Waals surface area contributed by atoms with Crippen LogP contribution in [0.3, 0.4) is 0 Å². The molecule has 3 aromatic rings. The first-order valence-electron chi connectivity index (χ1n) is 7.09. The van der Waals surface area contributed by atoms with Gasteiger partial charge in [0, 0.05) is 28.8 Å². The van der Waals surface area contributed by atoms with Crippen LogP contribution in [-0.2, 0) is 17.8 Å². The second-order valence-corrected chi connectivity index (χ2v) is 5.04. The molecule has 23 heavy (non-hydrogen) atoms. The highest BCUT2D eigenvalue weighted by Crippen LogP contribution is 2.26. The molecule has 0 radical (unpaired) electrons. The number of ether oxygens (including phenoxy) is 1. The van der Waals surface area contributed by atoms with E-state index in [1.807, 2.05) is 12.1 Å². The van der Waals surface area contributed by atoms with E-state index in [0.29, 0.717) is 22.6 Å². The largest absolute Gasteiger partial charge is 0.497 e. The first-order valence-corrected chi connectivity index (χ1v) is 7.09. The Morgan fingerprint density at radius 3 is 3.00 bits per heavy atom. The number of nitrogens with one attached hydrogen (secondary N) is 1. The van der Waals surface area contributed by atoms with Gasteiger partial charge in [0.2, 0.25) is 5.91 Å². The Bertz CT molecular complexity index is 841. The molecule has 118 valence electrons. The quantitative estimate of drug-likeness (QED) is 0.756. The summed E-state index contributed by atoms with van der Waals surface area (Å²) < 4.78 is 10.6. The number of carbonyl (C=O) groups excluding carboxylic acids is 1. The van der Waals surface area contributed by atoms with Gasteiger partial charge in [0.15, 0.2) is 0 Å². The predicted octanol–water partition coefficient (Wildman–Crippen LogP) is 2.51. The molecule has 0 unspecified atom stereocenters. The average Bonchev–Trinajstić information content (AvgIpc) is 2.97. The molecule has 0 aliphatic heterocycles. The molecule has 0 aliphatic carbocycles. The standard InChI is InChI=1S/C17H16N2O4/c1-22-13-2-3-14-12(10-23-16(14)7-13)6-17(21)19-15-8-18-5-4-11(15)9-20/h2-5,7-8,10,20H,6,9H2,1H3,(H,19,21). The number of aromatic nitrogens is 1. The van der Waals surface area contributed by atoms with Crippen molar-refractivity contribution in [3.63, 3.8) is 0 Å². The molecule has 3 rings (SSSR count). The monoisotopic (exact) mass is 312 g/mol. The molecular weight excluding hydrogens is 296 g/mol. The number of hydrogen-bond acceptors (Lipinski definition) is 5. The predicted molar refractivity (Wildman–Crippen MR) is 85.3 cm³/mol. The number of benzene rings is 1. The fraction of sp³-hybridized carbons (Fsp3) is 0.176. The fourth-order valence-electron chi connectivity index (χ4n) is 2.37. The van der Waals surface area contributed by atoms with E-state index in [-0.39, 0.29) is 18.9 Å². The number of nitrogens with zero attached hydrogens (tertiary/aromatic N) is 1. The van der Waals surface area contributed by atoms with Crippen molar-refractivity contribution in [3.8, 4) is 5.75 Å². The molecule has 0 aliphatic rings. The maximum Gasteiger partial charge on any atom is 0.228 e. The zero-order chi connectivity index (χ0) is 16.2. The van der Waals surface area contributed by atoms with Crippen molar-refractivity contribution in [2.45, 2.75) is 13.0 Å². The zero-order valence-corrected chi connectivity index (χ0v) is 12.6. The first kappa shape index (κ1) is 15.1. The number of rotatable bonds is 5. The number of carbonyl (C=O) groups is 1. The highest BCUT2D eigenvalue weighted by Gasteiger charge is 2.12. The number of pyridine rings is 1. The second kappa shape index (κ2) is 6.50. The molecular formula is C17H16N2O4. The van der Waals surface area contributed by atoms with Gasteiger partial charge in [-0.05, 0) is 18.2 Å². The third-order valence-corrected chi connectivity index (χ3v) is 3.57. The average molecular weight is 312 g/mol. The second-order valence-electron chi connectivity index (χ2n) is 5.04. The summed E-state index contributed by atoms with van der Waals surface area (Å²) in [6.45, 7) is -0.160. The minimum Gasteiger partial charge on any atom is -0.497 e. The number of amides is 1. The fourth-order valence-corrected chi connectivity index (χ4v) is 2.37. The van der Waals surface area contributed by atoms with Crippen molar-refractivity contribution in [3.05, 3.63) is 54.0 Å². The molecule has 0 fully saturated rings. The molecule has 6 heteroatoms. The molecule has 2 heterocycles. The number of aliphatic hydroxyl groups is 1. The summed E-state index contributed by atoms with van der Waals surface area (Å²) in [6.07, 6.45) is 4.82. The van der Waals surface area contributed by atoms with Crippen LogP contribution in [0.25, 0.3) is 11.0 Å². The van der Waals surface area contributed by atoms with Crippen LogP contribution in [0.4, 0.5) is 5.69 Å². The summed E-state index contributed by atoms with van der Waals surface area (Å²) in [4.78, 5) is 16.2. The lowest BCUT2D eigenvalue weighted by atomic mass is 10.1. The van der Waals surface area contributed by atoms with E-state index in [1.54, 1.807) is 31.7 Å². The summed E-state index contributed by atoms with van der Waals surface area (Å²) in [7, 11) is 1.59. The summed E-state index contributed by atoms with van der Waals surface area (Å²) in [6, 6.07) is 7.13. The van der Waals surface area contributed by atoms with Crippen LogP contribution in [0.1, 0.15) is 11.1 Å². The number of anilines is 1. The molecule has 0 spiro atoms. The molecule has 1 aromatic carbocycles. The number of aliphatic hydroxyl groups excluding tert-OH is 1. The molecule has 0 saturated heterocycles. The minimum atomic E-state index is -0.203. The highest BCUT2D eigenvalue weighted by molar-refractivity contribution is 5.95. The van der Waals surface area contributed by atoms with Gasteiger partial charge in [0.05, 0.1) is 38.3 Å². The van der Waals surface area contributed by atoms with Gasteiger partial charge in [-0.2, -0.15) is 0 Å². The van der Waals surface area contributed by atoms with Crippen molar-refractivity contribution < 1.29 is 19.1 Å². The third kappa shape index (κ3) is 3.17. The van der Waals surface area contributed by atoms with E-state index >= 15 is 0 Å². The Balaban J connectivity index is 1.78. The van der Waals surface area contributed by atoms with Gasteiger partial charge in [0.1, 0.15) is 11.3 Å². The van der Waals surface area contributed by atoms with Crippen LogP contribution < -0.4 is 10.1 Å². The molecule has 1 amide bonds. The zero-order valence-electron chi connectivity index (χ0n) is 12.6. The normalized spacial score (nSPS) is 10.7. The maximum atomic E-state index is 12.2. The smallest absolute Gasteiger partial charge is 0.228 e. The van der Waals surface area contributed by atoms with Gasteiger partial charge in [0.25, 0.3) is 0 Å². The van der Waals surface area contributed by atoms with Gasteiger partial charge in [-0.1, -0.05) is 0 Å². The van der Waals surface area contributed by atoms with Crippen LogP contribution >= 0.6 is 0 Å². The van der Waals surface area contributed by atoms with Gasteiger partial charge < -0.3 is 19.6 Å². The topological polar surface area (TPSA) is 84.6 Å². The third-order valence-electron chi connectivity index (χ3n) is 3.57. The van der Waals surface area contributed by atoms with Gasteiger partial charge in [-0.15, -0.1) is 0 Å². The summed E-state index contributed by atoms with van der Waals surface area (Å²) >= 11 is 0. The van der Waals surface area contributed by atoms with Gasteiger partial charge >= 0.3 is 0 Å². The van der Waals surface area contributed by atoms with E-state index < -0.39 is 0 Å². The number of fused-ring (bicyclic) bond motifs is 1. The Kier molecular flexibility index (Phi) is 4.25. The molecule has 2 aromatic heterocycles. The van der Waals surface area contributed by atoms with E-state index in [9.17, 15) is 9.90 Å². The number of hydrogen-bond donors (Lipinski definition) is 2. The molecule has 0 bridgehead atoms. The summed E-state index contributed by atoms with van der Waals surface area (Å²) in [5.74, 6) is 0.497. The summed E-state index contributed by atoms with van der Waals surface area (Å²) in [5.41, 5.74) is 2.59. The summed E-state index contributed by atoms with van der Waals surface area (Å²) in [5, 5.41) is 12.9. The Morgan fingerprint density at radius 2 is 2.22 bits per heavy atom. The van der Waals surface area contributed by atoms with Crippen molar-refractivity contribution in [2.75, 3.05) is 12.4 Å². The van der Waals surface area contributed by atoms with Crippen molar-refractivity contribution in [1.29, 1.82) is 0 Å². The Labute approximate surface area is 132 Å². The van der Waals surface area contributed by atoms with Crippen LogP contribution in [-0.4, -0.2) is 23.1 Å². The molecule has 6 nitrogen and oxygen atoms in total. The van der Waals surface area contributed by atoms with E-state index in [4.69, 9.17) is 9.15 Å². The van der Waals surface area contributed by atoms with E-state index in [0.717, 1.165) is 10.9 Å². The van der Waals surface area contributed by atoms with Crippen LogP contribution in [0.5, 0.6) is 5.75 Å². The Hall–Kier alpha value is -2.86. The minimum absolute atomic E-state index is 0.160. The van der Waals surface area contributed by atoms with Crippen molar-refractivity contribution in [1.82, 2.24) is 4.98 Å². The maximum absolute atomic E-state index is 12.2. The van der Waals surface area contributed by atoms with Crippen LogP contribution in [0, 0.1) is 0 Å².